The molecule has 2 aliphatic heterocycles. The van der Waals surface area contributed by atoms with Gasteiger partial charge in [0.05, 0.1) is 30.5 Å². The molecule has 1 aromatic rings. The molecule has 128 valence electrons. The highest BCUT2D eigenvalue weighted by Crippen LogP contribution is 2.12. The SMILES string of the molecule is C[C@@H](C(=O)N1CCCN(Cc2cscn2)CC1)N1CCOCC1. The number of aromatic nitrogens is 1. The molecule has 0 aromatic carbocycles. The van der Waals surface area contributed by atoms with Crippen molar-refractivity contribution in [3.05, 3.63) is 16.6 Å². The van der Waals surface area contributed by atoms with Crippen molar-refractivity contribution >= 4 is 17.2 Å². The van der Waals surface area contributed by atoms with Gasteiger partial charge in [-0.05, 0) is 13.3 Å². The summed E-state index contributed by atoms with van der Waals surface area (Å²) in [5.41, 5.74) is 3.02. The highest BCUT2D eigenvalue weighted by Gasteiger charge is 2.28. The monoisotopic (exact) mass is 338 g/mol. The highest BCUT2D eigenvalue weighted by atomic mass is 32.1. The number of hydrogen-bond acceptors (Lipinski definition) is 6. The number of carbonyl (C=O) groups excluding carboxylic acids is 1. The Morgan fingerprint density at radius 3 is 2.83 bits per heavy atom. The number of morpholine rings is 1. The number of nitrogens with zero attached hydrogens (tertiary/aromatic N) is 4. The molecule has 3 rings (SSSR count). The molecule has 0 N–H and O–H groups in total. The van der Waals surface area contributed by atoms with E-state index >= 15 is 0 Å². The van der Waals surface area contributed by atoms with Gasteiger partial charge < -0.3 is 9.64 Å². The van der Waals surface area contributed by atoms with Crippen LogP contribution in [-0.4, -0.2) is 84.1 Å². The predicted octanol–water partition coefficient (Wildman–Crippen LogP) is 0.898. The quantitative estimate of drug-likeness (QED) is 0.816. The van der Waals surface area contributed by atoms with Crippen LogP contribution in [0.25, 0.3) is 0 Å². The van der Waals surface area contributed by atoms with Gasteiger partial charge in [-0.15, -0.1) is 11.3 Å². The number of carbonyl (C=O) groups is 1. The first-order valence-electron chi connectivity index (χ1n) is 8.44. The summed E-state index contributed by atoms with van der Waals surface area (Å²) in [5.74, 6) is 0.266. The molecule has 1 atom stereocenters. The van der Waals surface area contributed by atoms with E-state index < -0.39 is 0 Å². The van der Waals surface area contributed by atoms with E-state index in [1.54, 1.807) is 11.3 Å². The second-order valence-corrected chi connectivity index (χ2v) is 6.98. The van der Waals surface area contributed by atoms with E-state index in [4.69, 9.17) is 4.74 Å². The van der Waals surface area contributed by atoms with Gasteiger partial charge in [0, 0.05) is 51.2 Å². The van der Waals surface area contributed by atoms with Crippen molar-refractivity contribution in [2.24, 2.45) is 0 Å². The Bertz CT molecular complexity index is 490. The van der Waals surface area contributed by atoms with Crippen molar-refractivity contribution in [2.75, 3.05) is 52.5 Å². The standard InChI is InChI=1S/C16H26N4O2S/c1-14(19-7-9-22-10-8-19)16(21)20-4-2-3-18(5-6-20)11-15-12-23-13-17-15/h12-14H,2-11H2,1H3/t14-/m0/s1. The third-order valence-electron chi connectivity index (χ3n) is 4.72. The molecule has 23 heavy (non-hydrogen) atoms. The zero-order chi connectivity index (χ0) is 16.1. The van der Waals surface area contributed by atoms with Crippen LogP contribution >= 0.6 is 11.3 Å². The fraction of sp³-hybridized carbons (Fsp3) is 0.750. The molecular formula is C16H26N4O2S. The molecule has 3 heterocycles. The van der Waals surface area contributed by atoms with Gasteiger partial charge >= 0.3 is 0 Å². The summed E-state index contributed by atoms with van der Waals surface area (Å²) in [5, 5.41) is 2.11. The third kappa shape index (κ3) is 4.50. The number of thiazole rings is 1. The first-order chi connectivity index (χ1) is 11.2. The van der Waals surface area contributed by atoms with Crippen LogP contribution in [-0.2, 0) is 16.1 Å². The van der Waals surface area contributed by atoms with Crippen LogP contribution in [0.2, 0.25) is 0 Å². The van der Waals surface area contributed by atoms with Crippen molar-refractivity contribution in [2.45, 2.75) is 25.9 Å². The highest BCUT2D eigenvalue weighted by molar-refractivity contribution is 7.07. The van der Waals surface area contributed by atoms with Crippen LogP contribution in [0.5, 0.6) is 0 Å². The zero-order valence-corrected chi connectivity index (χ0v) is 14.6. The summed E-state index contributed by atoms with van der Waals surface area (Å²) in [7, 11) is 0. The lowest BCUT2D eigenvalue weighted by Crippen LogP contribution is -2.51. The van der Waals surface area contributed by atoms with E-state index in [1.807, 2.05) is 17.3 Å². The summed E-state index contributed by atoms with van der Waals surface area (Å²) in [6, 6.07) is -0.0380. The van der Waals surface area contributed by atoms with Crippen molar-refractivity contribution in [3.8, 4) is 0 Å². The molecule has 7 heteroatoms. The Labute approximate surface area is 142 Å². The average molecular weight is 338 g/mol. The van der Waals surface area contributed by atoms with Crippen molar-refractivity contribution in [3.63, 3.8) is 0 Å². The van der Waals surface area contributed by atoms with Crippen molar-refractivity contribution < 1.29 is 9.53 Å². The third-order valence-corrected chi connectivity index (χ3v) is 5.36. The summed E-state index contributed by atoms with van der Waals surface area (Å²) in [6.45, 7) is 9.76. The van der Waals surface area contributed by atoms with Gasteiger partial charge in [-0.25, -0.2) is 4.98 Å². The second kappa shape index (κ2) is 8.19. The molecule has 0 bridgehead atoms. The fourth-order valence-corrected chi connectivity index (χ4v) is 3.83. The fourth-order valence-electron chi connectivity index (χ4n) is 3.28. The molecule has 0 radical (unpaired) electrons. The topological polar surface area (TPSA) is 48.9 Å². The van der Waals surface area contributed by atoms with Gasteiger partial charge in [0.1, 0.15) is 0 Å². The Kier molecular flexibility index (Phi) is 5.99. The molecule has 1 amide bonds. The van der Waals surface area contributed by atoms with Gasteiger partial charge in [0.15, 0.2) is 0 Å². The molecule has 6 nitrogen and oxygen atoms in total. The first kappa shape index (κ1) is 16.8. The Morgan fingerprint density at radius 1 is 1.26 bits per heavy atom. The molecule has 2 saturated heterocycles. The van der Waals surface area contributed by atoms with Crippen molar-refractivity contribution in [1.29, 1.82) is 0 Å². The van der Waals surface area contributed by atoms with Crippen LogP contribution in [0.15, 0.2) is 10.9 Å². The Hall–Kier alpha value is -1.02. The molecule has 0 aliphatic carbocycles. The normalized spacial score (nSPS) is 22.7. The zero-order valence-electron chi connectivity index (χ0n) is 13.8. The smallest absolute Gasteiger partial charge is 0.239 e. The first-order valence-corrected chi connectivity index (χ1v) is 9.38. The molecule has 0 unspecified atom stereocenters. The van der Waals surface area contributed by atoms with Gasteiger partial charge in [0.2, 0.25) is 5.91 Å². The van der Waals surface area contributed by atoms with E-state index in [9.17, 15) is 4.79 Å². The maximum Gasteiger partial charge on any atom is 0.239 e. The van der Waals surface area contributed by atoms with Crippen LogP contribution in [0.4, 0.5) is 0 Å². The number of amides is 1. The van der Waals surface area contributed by atoms with Gasteiger partial charge in [0.25, 0.3) is 0 Å². The lowest BCUT2D eigenvalue weighted by molar-refractivity contribution is -0.137. The largest absolute Gasteiger partial charge is 0.379 e. The lowest BCUT2D eigenvalue weighted by atomic mass is 10.2. The maximum absolute atomic E-state index is 12.8. The Balaban J connectivity index is 1.51. The molecule has 1 aromatic heterocycles. The van der Waals surface area contributed by atoms with Gasteiger partial charge in [-0.1, -0.05) is 0 Å². The van der Waals surface area contributed by atoms with Crippen LogP contribution in [0, 0.1) is 0 Å². The van der Waals surface area contributed by atoms with E-state index in [0.717, 1.165) is 71.1 Å². The summed E-state index contributed by atoms with van der Waals surface area (Å²) in [6.07, 6.45) is 1.03. The number of ether oxygens (including phenoxy) is 1. The summed E-state index contributed by atoms with van der Waals surface area (Å²) >= 11 is 1.64. The predicted molar refractivity (Wildman–Crippen MR) is 90.4 cm³/mol. The average Bonchev–Trinajstić information content (AvgIpc) is 2.99. The van der Waals surface area contributed by atoms with E-state index in [2.05, 4.69) is 20.2 Å². The van der Waals surface area contributed by atoms with Gasteiger partial charge in [-0.2, -0.15) is 0 Å². The Morgan fingerprint density at radius 2 is 2.09 bits per heavy atom. The van der Waals surface area contributed by atoms with Gasteiger partial charge in [-0.3, -0.25) is 14.6 Å². The second-order valence-electron chi connectivity index (χ2n) is 6.26. The van der Waals surface area contributed by atoms with E-state index in [1.165, 1.54) is 0 Å². The van der Waals surface area contributed by atoms with Crippen LogP contribution in [0.3, 0.4) is 0 Å². The summed E-state index contributed by atoms with van der Waals surface area (Å²) < 4.78 is 5.38. The molecular weight excluding hydrogens is 312 g/mol. The van der Waals surface area contributed by atoms with E-state index in [-0.39, 0.29) is 11.9 Å². The van der Waals surface area contributed by atoms with Crippen LogP contribution < -0.4 is 0 Å². The molecule has 0 saturated carbocycles. The maximum atomic E-state index is 12.8. The minimum Gasteiger partial charge on any atom is -0.379 e. The minimum atomic E-state index is -0.0380. The number of rotatable bonds is 4. The summed E-state index contributed by atoms with van der Waals surface area (Å²) in [4.78, 5) is 23.8. The molecule has 0 spiro atoms. The van der Waals surface area contributed by atoms with Crippen molar-refractivity contribution in [1.82, 2.24) is 19.7 Å². The molecule has 2 aliphatic rings. The molecule has 2 fully saturated rings. The van der Waals surface area contributed by atoms with Crippen LogP contribution in [0.1, 0.15) is 19.0 Å². The van der Waals surface area contributed by atoms with E-state index in [0.29, 0.717) is 0 Å². The minimum absolute atomic E-state index is 0.0380. The lowest BCUT2D eigenvalue weighted by Gasteiger charge is -2.34. The number of hydrogen-bond donors (Lipinski definition) is 0.